The lowest BCUT2D eigenvalue weighted by molar-refractivity contribution is -0.142. The summed E-state index contributed by atoms with van der Waals surface area (Å²) in [6.45, 7) is 4.44. The third-order valence-electron chi connectivity index (χ3n) is 5.84. The van der Waals surface area contributed by atoms with E-state index in [1.165, 1.54) is 6.42 Å². The maximum Gasteiger partial charge on any atom is 0.326 e. The molecule has 0 radical (unpaired) electrons. The Morgan fingerprint density at radius 2 is 1.62 bits per heavy atom. The highest BCUT2D eigenvalue weighted by molar-refractivity contribution is 5.97. The van der Waals surface area contributed by atoms with E-state index in [0.717, 1.165) is 42.4 Å². The van der Waals surface area contributed by atoms with Crippen molar-refractivity contribution in [2.45, 2.75) is 58.4 Å². The molecule has 154 valence electrons. The molecule has 4 nitrogen and oxygen atoms in total. The normalized spacial score (nSPS) is 15.7. The summed E-state index contributed by atoms with van der Waals surface area (Å²) in [5, 5.41) is 10.0. The third-order valence-corrected chi connectivity index (χ3v) is 5.84. The summed E-state index contributed by atoms with van der Waals surface area (Å²) < 4.78 is 0. The fraction of sp³-hybridized carbons (Fsp3) is 0.440. The molecule has 1 aliphatic carbocycles. The van der Waals surface area contributed by atoms with E-state index in [1.54, 1.807) is 4.90 Å². The van der Waals surface area contributed by atoms with Crippen molar-refractivity contribution in [1.29, 1.82) is 0 Å². The van der Waals surface area contributed by atoms with Gasteiger partial charge in [-0.2, -0.15) is 0 Å². The molecule has 1 atom stereocenters. The van der Waals surface area contributed by atoms with E-state index >= 15 is 0 Å². The summed E-state index contributed by atoms with van der Waals surface area (Å²) in [7, 11) is 0. The molecular weight excluding hydrogens is 362 g/mol. The molecule has 1 aliphatic rings. The highest BCUT2D eigenvalue weighted by Crippen LogP contribution is 2.27. The van der Waals surface area contributed by atoms with Crippen molar-refractivity contribution in [2.24, 2.45) is 5.92 Å². The van der Waals surface area contributed by atoms with Gasteiger partial charge in [0.1, 0.15) is 6.04 Å². The maximum atomic E-state index is 13.5. The molecule has 0 bridgehead atoms. The fourth-order valence-corrected chi connectivity index (χ4v) is 4.43. The van der Waals surface area contributed by atoms with Crippen molar-refractivity contribution in [3.8, 4) is 0 Å². The molecule has 1 fully saturated rings. The average Bonchev–Trinajstić information content (AvgIpc) is 2.70. The number of carbonyl (C=O) groups is 2. The van der Waals surface area contributed by atoms with Crippen LogP contribution in [0.15, 0.2) is 48.5 Å². The van der Waals surface area contributed by atoms with E-state index in [4.69, 9.17) is 0 Å². The van der Waals surface area contributed by atoms with Crippen LogP contribution in [-0.4, -0.2) is 34.5 Å². The number of aliphatic carboxylic acids is 1. The van der Waals surface area contributed by atoms with Gasteiger partial charge in [0, 0.05) is 18.5 Å². The van der Waals surface area contributed by atoms with Gasteiger partial charge in [-0.15, -0.1) is 0 Å². The summed E-state index contributed by atoms with van der Waals surface area (Å²) in [6.07, 6.45) is 6.00. The summed E-state index contributed by atoms with van der Waals surface area (Å²) >= 11 is 0. The molecule has 1 saturated carbocycles. The van der Waals surface area contributed by atoms with Crippen LogP contribution < -0.4 is 0 Å². The topological polar surface area (TPSA) is 57.6 Å². The zero-order valence-electron chi connectivity index (χ0n) is 17.4. The van der Waals surface area contributed by atoms with Gasteiger partial charge in [0.25, 0.3) is 5.91 Å². The first kappa shape index (κ1) is 21.1. The molecule has 0 spiro atoms. The number of amides is 1. The number of nitrogens with zero attached hydrogens (tertiary/aromatic N) is 1. The Morgan fingerprint density at radius 1 is 1.00 bits per heavy atom. The second kappa shape index (κ2) is 9.73. The van der Waals surface area contributed by atoms with Crippen LogP contribution in [0.2, 0.25) is 0 Å². The Kier molecular flexibility index (Phi) is 7.08. The monoisotopic (exact) mass is 393 g/mol. The largest absolute Gasteiger partial charge is 0.480 e. The van der Waals surface area contributed by atoms with Gasteiger partial charge in [0.05, 0.1) is 0 Å². The predicted octanol–water partition coefficient (Wildman–Crippen LogP) is 5.02. The molecule has 1 N–H and O–H groups in total. The second-order valence-electron chi connectivity index (χ2n) is 8.38. The lowest BCUT2D eigenvalue weighted by Gasteiger charge is -2.34. The van der Waals surface area contributed by atoms with Gasteiger partial charge in [-0.3, -0.25) is 4.79 Å². The van der Waals surface area contributed by atoms with Crippen LogP contribution in [0.1, 0.15) is 59.2 Å². The zero-order valence-corrected chi connectivity index (χ0v) is 17.4. The van der Waals surface area contributed by atoms with Gasteiger partial charge >= 0.3 is 5.97 Å². The molecular formula is C25H31NO3. The van der Waals surface area contributed by atoms with Crippen molar-refractivity contribution >= 4 is 11.9 Å². The Balaban J connectivity index is 1.92. The van der Waals surface area contributed by atoms with E-state index in [0.29, 0.717) is 24.4 Å². The van der Waals surface area contributed by atoms with Crippen LogP contribution in [-0.2, 0) is 11.2 Å². The maximum absolute atomic E-state index is 13.5. The molecule has 0 heterocycles. The Morgan fingerprint density at radius 3 is 2.21 bits per heavy atom. The summed E-state index contributed by atoms with van der Waals surface area (Å²) in [5.41, 5.74) is 3.54. The van der Waals surface area contributed by atoms with Gasteiger partial charge in [0.2, 0.25) is 0 Å². The van der Waals surface area contributed by atoms with Gasteiger partial charge in [-0.25, -0.2) is 4.79 Å². The van der Waals surface area contributed by atoms with Crippen LogP contribution >= 0.6 is 0 Å². The van der Waals surface area contributed by atoms with Gasteiger partial charge in [0.15, 0.2) is 0 Å². The van der Waals surface area contributed by atoms with Gasteiger partial charge in [-0.1, -0.05) is 66.8 Å². The number of benzene rings is 2. The van der Waals surface area contributed by atoms with Crippen molar-refractivity contribution in [3.63, 3.8) is 0 Å². The second-order valence-corrected chi connectivity index (χ2v) is 8.38. The number of rotatable bonds is 7. The first-order valence-electron chi connectivity index (χ1n) is 10.6. The SMILES string of the molecule is Cc1cc(C)cc(C(=O)N(CC2CCCCC2)[C@@H](Cc2ccccc2)C(=O)O)c1. The quantitative estimate of drug-likeness (QED) is 0.718. The van der Waals surface area contributed by atoms with Gasteiger partial charge in [-0.05, 0) is 50.3 Å². The van der Waals surface area contributed by atoms with Gasteiger partial charge < -0.3 is 10.0 Å². The highest BCUT2D eigenvalue weighted by atomic mass is 16.4. The Hall–Kier alpha value is -2.62. The van der Waals surface area contributed by atoms with Crippen LogP contribution in [0.3, 0.4) is 0 Å². The molecule has 1 amide bonds. The molecule has 2 aromatic rings. The number of aryl methyl sites for hydroxylation is 2. The van der Waals surface area contributed by atoms with Crippen molar-refractivity contribution < 1.29 is 14.7 Å². The van der Waals surface area contributed by atoms with E-state index < -0.39 is 12.0 Å². The summed E-state index contributed by atoms with van der Waals surface area (Å²) in [6, 6.07) is 14.5. The smallest absolute Gasteiger partial charge is 0.326 e. The molecule has 0 aliphatic heterocycles. The van der Waals surface area contributed by atoms with Crippen LogP contribution in [0.4, 0.5) is 0 Å². The predicted molar refractivity (Wildman–Crippen MR) is 115 cm³/mol. The molecule has 0 unspecified atom stereocenters. The molecule has 3 rings (SSSR count). The summed E-state index contributed by atoms with van der Waals surface area (Å²) in [4.78, 5) is 27.4. The number of carboxylic acid groups (broad SMARTS) is 1. The first-order chi connectivity index (χ1) is 13.9. The minimum absolute atomic E-state index is 0.175. The number of hydrogen-bond donors (Lipinski definition) is 1. The molecule has 0 saturated heterocycles. The van der Waals surface area contributed by atoms with Crippen molar-refractivity contribution in [2.75, 3.05) is 6.54 Å². The third kappa shape index (κ3) is 5.69. The van der Waals surface area contributed by atoms with Crippen LogP contribution in [0, 0.1) is 19.8 Å². The lowest BCUT2D eigenvalue weighted by Crippen LogP contribution is -2.48. The molecule has 4 heteroatoms. The van der Waals surface area contributed by atoms with E-state index in [9.17, 15) is 14.7 Å². The lowest BCUT2D eigenvalue weighted by atomic mass is 9.88. The van der Waals surface area contributed by atoms with E-state index in [2.05, 4.69) is 0 Å². The minimum Gasteiger partial charge on any atom is -0.480 e. The number of hydrogen-bond acceptors (Lipinski definition) is 2. The Labute approximate surface area is 173 Å². The van der Waals surface area contributed by atoms with Crippen molar-refractivity contribution in [3.05, 3.63) is 70.8 Å². The highest BCUT2D eigenvalue weighted by Gasteiger charge is 2.33. The zero-order chi connectivity index (χ0) is 20.8. The molecule has 29 heavy (non-hydrogen) atoms. The van der Waals surface area contributed by atoms with Crippen LogP contribution in [0.25, 0.3) is 0 Å². The molecule has 0 aromatic heterocycles. The summed E-state index contributed by atoms with van der Waals surface area (Å²) in [5.74, 6) is -0.746. The standard InChI is InChI=1S/C25H31NO3/c1-18-13-19(2)15-22(14-18)24(27)26(17-21-11-7-4-8-12-21)23(25(28)29)16-20-9-5-3-6-10-20/h3,5-6,9-10,13-15,21,23H,4,7-8,11-12,16-17H2,1-2H3,(H,28,29)/t23-/m0/s1. The average molecular weight is 394 g/mol. The first-order valence-corrected chi connectivity index (χ1v) is 10.6. The van der Waals surface area contributed by atoms with Crippen molar-refractivity contribution in [1.82, 2.24) is 4.90 Å². The Bertz CT molecular complexity index is 820. The number of carboxylic acids is 1. The van der Waals surface area contributed by atoms with E-state index in [-0.39, 0.29) is 5.91 Å². The van der Waals surface area contributed by atoms with E-state index in [1.807, 2.05) is 62.4 Å². The fourth-order valence-electron chi connectivity index (χ4n) is 4.43. The molecule has 2 aromatic carbocycles. The minimum atomic E-state index is -0.942. The number of carbonyl (C=O) groups excluding carboxylic acids is 1. The van der Waals surface area contributed by atoms with Crippen LogP contribution in [0.5, 0.6) is 0 Å².